The van der Waals surface area contributed by atoms with Crippen LogP contribution in [0, 0.1) is 0 Å². The van der Waals surface area contributed by atoms with E-state index >= 15 is 0 Å². The van der Waals surface area contributed by atoms with Gasteiger partial charge in [-0.25, -0.2) is 4.79 Å². The minimum absolute atomic E-state index is 0.0125. The van der Waals surface area contributed by atoms with Gasteiger partial charge in [-0.3, -0.25) is 14.6 Å². The zero-order valence-corrected chi connectivity index (χ0v) is 13.7. The second-order valence-corrected chi connectivity index (χ2v) is 6.67. The second kappa shape index (κ2) is 5.93. The molecule has 0 bridgehead atoms. The van der Waals surface area contributed by atoms with Gasteiger partial charge in [0.2, 0.25) is 0 Å². The number of rotatable bonds is 4. The Morgan fingerprint density at radius 3 is 2.40 bits per heavy atom. The minimum atomic E-state index is -0.573. The summed E-state index contributed by atoms with van der Waals surface area (Å²) < 4.78 is 0. The maximum Gasteiger partial charge on any atom is 0.327 e. The van der Waals surface area contributed by atoms with Crippen molar-refractivity contribution < 1.29 is 9.59 Å². The third-order valence-corrected chi connectivity index (χ3v) is 5.53. The molecular weight excluding hydrogens is 274 g/mol. The summed E-state index contributed by atoms with van der Waals surface area (Å²) in [7, 11) is 1.60. The van der Waals surface area contributed by atoms with Gasteiger partial charge in [-0.05, 0) is 32.9 Å². The van der Waals surface area contributed by atoms with E-state index in [1.165, 1.54) is 4.90 Å². The van der Waals surface area contributed by atoms with E-state index in [4.69, 9.17) is 0 Å². The van der Waals surface area contributed by atoms with Crippen LogP contribution in [0.15, 0.2) is 0 Å². The fourth-order valence-electron chi connectivity index (χ4n) is 3.48. The van der Waals surface area contributed by atoms with Gasteiger partial charge >= 0.3 is 6.03 Å². The zero-order valence-electron chi connectivity index (χ0n) is 12.9. The summed E-state index contributed by atoms with van der Waals surface area (Å²) >= 11 is 1.85. The van der Waals surface area contributed by atoms with Gasteiger partial charge in [-0.2, -0.15) is 11.8 Å². The molecule has 2 rings (SSSR count). The molecule has 5 nitrogen and oxygen atoms in total. The van der Waals surface area contributed by atoms with Crippen LogP contribution >= 0.6 is 11.8 Å². The summed E-state index contributed by atoms with van der Waals surface area (Å²) in [6.45, 7) is 6.58. The van der Waals surface area contributed by atoms with Gasteiger partial charge in [0.25, 0.3) is 5.91 Å². The number of carbonyl (C=O) groups is 2. The van der Waals surface area contributed by atoms with Crippen molar-refractivity contribution in [1.82, 2.24) is 14.7 Å². The molecule has 1 atom stereocenters. The molecule has 0 aromatic carbocycles. The normalized spacial score (nSPS) is 24.8. The maximum absolute atomic E-state index is 12.5. The highest BCUT2D eigenvalue weighted by Gasteiger charge is 2.56. The minimum Gasteiger partial charge on any atom is -0.310 e. The van der Waals surface area contributed by atoms with Gasteiger partial charge < -0.3 is 4.90 Å². The number of imide groups is 1. The quantitative estimate of drug-likeness (QED) is 0.738. The molecule has 2 saturated heterocycles. The lowest BCUT2D eigenvalue weighted by molar-refractivity contribution is -0.135. The Labute approximate surface area is 125 Å². The van der Waals surface area contributed by atoms with Crippen molar-refractivity contribution in [1.29, 1.82) is 0 Å². The number of hydrogen-bond acceptors (Lipinski definition) is 4. The summed E-state index contributed by atoms with van der Waals surface area (Å²) in [4.78, 5) is 30.2. The van der Waals surface area contributed by atoms with Crippen molar-refractivity contribution in [3.05, 3.63) is 0 Å². The number of likely N-dealkylation sites (tertiary alicyclic amines) is 1. The van der Waals surface area contributed by atoms with Gasteiger partial charge in [0, 0.05) is 38.5 Å². The fraction of sp³-hybridized carbons (Fsp3) is 0.857. The predicted octanol–water partition coefficient (Wildman–Crippen LogP) is 1.49. The molecule has 0 radical (unpaired) electrons. The van der Waals surface area contributed by atoms with Crippen LogP contribution in [0.1, 0.15) is 26.7 Å². The van der Waals surface area contributed by atoms with E-state index in [0.717, 1.165) is 31.7 Å². The van der Waals surface area contributed by atoms with Crippen LogP contribution < -0.4 is 0 Å². The first-order valence-electron chi connectivity index (χ1n) is 7.30. The topological polar surface area (TPSA) is 43.9 Å². The first-order chi connectivity index (χ1) is 9.47. The summed E-state index contributed by atoms with van der Waals surface area (Å²) in [5.74, 6) is 1.10. The van der Waals surface area contributed by atoms with Crippen molar-refractivity contribution in [3.8, 4) is 0 Å². The van der Waals surface area contributed by atoms with Crippen LogP contribution in [0.3, 0.4) is 0 Å². The zero-order chi connectivity index (χ0) is 14.9. The monoisotopic (exact) mass is 299 g/mol. The van der Waals surface area contributed by atoms with E-state index < -0.39 is 5.54 Å². The van der Waals surface area contributed by atoms with Crippen LogP contribution in [0.2, 0.25) is 0 Å². The molecule has 2 heterocycles. The Bertz CT molecular complexity index is 394. The van der Waals surface area contributed by atoms with Gasteiger partial charge in [0.1, 0.15) is 5.54 Å². The fourth-order valence-corrected chi connectivity index (χ4v) is 4.17. The molecule has 114 valence electrons. The number of amides is 3. The third kappa shape index (κ3) is 2.33. The summed E-state index contributed by atoms with van der Waals surface area (Å²) in [6.07, 6.45) is 3.64. The average molecular weight is 299 g/mol. The lowest BCUT2D eigenvalue weighted by atomic mass is 9.85. The number of urea groups is 1. The Kier molecular flexibility index (Phi) is 4.64. The predicted molar refractivity (Wildman–Crippen MR) is 81.9 cm³/mol. The summed E-state index contributed by atoms with van der Waals surface area (Å²) in [5.41, 5.74) is -0.573. The Balaban J connectivity index is 2.11. The molecule has 6 heteroatoms. The van der Waals surface area contributed by atoms with Crippen LogP contribution in [-0.4, -0.2) is 76.9 Å². The number of nitrogens with zero attached hydrogens (tertiary/aromatic N) is 3. The van der Waals surface area contributed by atoms with Gasteiger partial charge in [-0.15, -0.1) is 0 Å². The number of hydrogen-bond donors (Lipinski definition) is 0. The molecule has 2 aliphatic heterocycles. The average Bonchev–Trinajstić information content (AvgIpc) is 2.62. The van der Waals surface area contributed by atoms with Gasteiger partial charge in [0.05, 0.1) is 0 Å². The Morgan fingerprint density at radius 1 is 1.30 bits per heavy atom. The van der Waals surface area contributed by atoms with Crippen LogP contribution in [-0.2, 0) is 4.79 Å². The molecular formula is C14H25N3O2S. The molecule has 0 unspecified atom stereocenters. The van der Waals surface area contributed by atoms with Crippen LogP contribution in [0.4, 0.5) is 4.79 Å². The first-order valence-corrected chi connectivity index (χ1v) is 8.70. The molecule has 2 fully saturated rings. The standard InChI is InChI=1S/C14H25N3O2S/c1-5-17-13(19)15(3)12(18)14(17)6-8-16(9-7-14)11(2)10-20-4/h11H,5-10H2,1-4H3/t11-/m1/s1. The van der Waals surface area contributed by atoms with Gasteiger partial charge in [0.15, 0.2) is 0 Å². The number of likely N-dealkylation sites (N-methyl/N-ethyl adjacent to an activating group) is 2. The molecule has 0 aromatic heterocycles. The molecule has 0 aliphatic carbocycles. The molecule has 20 heavy (non-hydrogen) atoms. The van der Waals surface area contributed by atoms with E-state index in [1.54, 1.807) is 11.9 Å². The lowest BCUT2D eigenvalue weighted by Crippen LogP contribution is -2.57. The van der Waals surface area contributed by atoms with Gasteiger partial charge in [-0.1, -0.05) is 0 Å². The first kappa shape index (κ1) is 15.6. The maximum atomic E-state index is 12.5. The van der Waals surface area contributed by atoms with Crippen molar-refractivity contribution >= 4 is 23.7 Å². The van der Waals surface area contributed by atoms with E-state index in [9.17, 15) is 9.59 Å². The number of carbonyl (C=O) groups excluding carboxylic acids is 2. The SMILES string of the molecule is CCN1C(=O)N(C)C(=O)C12CCN([C@H](C)CSC)CC2. The highest BCUT2D eigenvalue weighted by atomic mass is 32.2. The van der Waals surface area contributed by atoms with Crippen LogP contribution in [0.25, 0.3) is 0 Å². The summed E-state index contributed by atoms with van der Waals surface area (Å²) in [5, 5.41) is 0. The van der Waals surface area contributed by atoms with E-state index in [-0.39, 0.29) is 11.9 Å². The Hall–Kier alpha value is -0.750. The van der Waals surface area contributed by atoms with E-state index in [0.29, 0.717) is 12.6 Å². The number of piperidine rings is 1. The summed E-state index contributed by atoms with van der Waals surface area (Å²) in [6, 6.07) is 0.394. The molecule has 3 amide bonds. The van der Waals surface area contributed by atoms with E-state index in [2.05, 4.69) is 18.1 Å². The third-order valence-electron chi connectivity index (χ3n) is 4.71. The lowest BCUT2D eigenvalue weighted by Gasteiger charge is -2.43. The molecule has 0 aromatic rings. The highest BCUT2D eigenvalue weighted by Crippen LogP contribution is 2.36. The molecule has 0 saturated carbocycles. The highest BCUT2D eigenvalue weighted by molar-refractivity contribution is 7.98. The second-order valence-electron chi connectivity index (χ2n) is 5.76. The molecule has 1 spiro atoms. The van der Waals surface area contributed by atoms with Crippen LogP contribution in [0.5, 0.6) is 0 Å². The largest absolute Gasteiger partial charge is 0.327 e. The van der Waals surface area contributed by atoms with Crippen molar-refractivity contribution in [2.75, 3.05) is 38.7 Å². The Morgan fingerprint density at radius 2 is 1.90 bits per heavy atom. The molecule has 2 aliphatic rings. The van der Waals surface area contributed by atoms with E-state index in [1.807, 2.05) is 18.7 Å². The van der Waals surface area contributed by atoms with Crippen molar-refractivity contribution in [2.45, 2.75) is 38.3 Å². The smallest absolute Gasteiger partial charge is 0.310 e. The van der Waals surface area contributed by atoms with Crippen molar-refractivity contribution in [3.63, 3.8) is 0 Å². The van der Waals surface area contributed by atoms with Crippen molar-refractivity contribution in [2.24, 2.45) is 0 Å². The number of thioether (sulfide) groups is 1. The molecule has 0 N–H and O–H groups in total.